The molecule has 0 aliphatic carbocycles. The number of fused-ring (bicyclic) bond motifs is 2. The highest BCUT2D eigenvalue weighted by molar-refractivity contribution is 5.92. The Labute approximate surface area is 182 Å². The smallest absolute Gasteiger partial charge is 0.137 e. The van der Waals surface area contributed by atoms with E-state index in [2.05, 4.69) is 20.6 Å². The van der Waals surface area contributed by atoms with Gasteiger partial charge >= 0.3 is 0 Å². The van der Waals surface area contributed by atoms with Crippen molar-refractivity contribution in [1.29, 1.82) is 0 Å². The van der Waals surface area contributed by atoms with Crippen molar-refractivity contribution < 1.29 is 17.6 Å². The van der Waals surface area contributed by atoms with E-state index in [1.54, 1.807) is 12.1 Å². The quantitative estimate of drug-likeness (QED) is 0.384. The van der Waals surface area contributed by atoms with Gasteiger partial charge in [0.15, 0.2) is 0 Å². The van der Waals surface area contributed by atoms with Gasteiger partial charge in [0.2, 0.25) is 0 Å². The van der Waals surface area contributed by atoms with Crippen LogP contribution in [0.1, 0.15) is 0 Å². The highest BCUT2D eigenvalue weighted by Crippen LogP contribution is 2.26. The van der Waals surface area contributed by atoms with E-state index in [9.17, 15) is 17.6 Å². The minimum absolute atomic E-state index is 0.251. The molecule has 0 atom stereocenters. The molecule has 4 rings (SSSR count). The minimum Gasteiger partial charge on any atom is -0.383 e. The molecule has 2 N–H and O–H groups in total. The zero-order valence-electron chi connectivity index (χ0n) is 17.3. The lowest BCUT2D eigenvalue weighted by Crippen LogP contribution is -2.30. The lowest BCUT2D eigenvalue weighted by atomic mass is 10.1. The molecule has 5 nitrogen and oxygen atoms in total. The first-order valence-electron chi connectivity index (χ1n) is 10.1. The van der Waals surface area contributed by atoms with Crippen LogP contribution in [0, 0.1) is 23.3 Å². The fourth-order valence-electron chi connectivity index (χ4n) is 3.58. The van der Waals surface area contributed by atoms with Crippen LogP contribution >= 0.6 is 0 Å². The van der Waals surface area contributed by atoms with Crippen LogP contribution in [-0.2, 0) is 0 Å². The van der Waals surface area contributed by atoms with Gasteiger partial charge in [-0.1, -0.05) is 0 Å². The minimum atomic E-state index is -0.668. The normalized spacial score (nSPS) is 11.4. The second-order valence-electron chi connectivity index (χ2n) is 7.44. The molecule has 0 saturated carbocycles. The molecule has 166 valence electrons. The summed E-state index contributed by atoms with van der Waals surface area (Å²) in [7, 11) is 1.92. The number of nitrogens with one attached hydrogen (secondary N) is 2. The molecule has 0 fully saturated rings. The van der Waals surface area contributed by atoms with E-state index in [0.29, 0.717) is 37.6 Å². The Morgan fingerprint density at radius 2 is 1.16 bits per heavy atom. The summed E-state index contributed by atoms with van der Waals surface area (Å²) < 4.78 is 55.2. The Morgan fingerprint density at radius 1 is 0.719 bits per heavy atom. The molecule has 2 heterocycles. The van der Waals surface area contributed by atoms with Gasteiger partial charge in [0, 0.05) is 74.2 Å². The topological polar surface area (TPSA) is 53.1 Å². The average molecular weight is 443 g/mol. The van der Waals surface area contributed by atoms with Crippen LogP contribution in [-0.4, -0.2) is 48.1 Å². The molecule has 0 aliphatic rings. The first kappa shape index (κ1) is 21.8. The first-order chi connectivity index (χ1) is 15.4. The van der Waals surface area contributed by atoms with Crippen molar-refractivity contribution in [3.8, 4) is 0 Å². The van der Waals surface area contributed by atoms with Crippen LogP contribution in [0.25, 0.3) is 21.8 Å². The average Bonchev–Trinajstić information content (AvgIpc) is 2.73. The van der Waals surface area contributed by atoms with Gasteiger partial charge in [-0.05, 0) is 19.2 Å². The number of likely N-dealkylation sites (N-methyl/N-ethyl adjacent to an activating group) is 1. The molecule has 32 heavy (non-hydrogen) atoms. The van der Waals surface area contributed by atoms with E-state index in [0.717, 1.165) is 12.1 Å². The molecular formula is C23H21F4N5. The van der Waals surface area contributed by atoms with Crippen molar-refractivity contribution >= 4 is 33.2 Å². The Kier molecular flexibility index (Phi) is 6.36. The molecule has 2 aromatic carbocycles. The summed E-state index contributed by atoms with van der Waals surface area (Å²) in [5.41, 5.74) is 1.60. The summed E-state index contributed by atoms with van der Waals surface area (Å²) in [6.07, 6.45) is 3.00. The van der Waals surface area contributed by atoms with Gasteiger partial charge in [0.05, 0.1) is 21.8 Å². The third-order valence-corrected chi connectivity index (χ3v) is 5.13. The largest absolute Gasteiger partial charge is 0.383 e. The number of aromatic nitrogens is 2. The van der Waals surface area contributed by atoms with Gasteiger partial charge in [-0.25, -0.2) is 17.6 Å². The van der Waals surface area contributed by atoms with E-state index in [-0.39, 0.29) is 21.8 Å². The van der Waals surface area contributed by atoms with Gasteiger partial charge in [-0.3, -0.25) is 9.97 Å². The number of benzene rings is 2. The highest BCUT2D eigenvalue weighted by Gasteiger charge is 2.11. The van der Waals surface area contributed by atoms with E-state index >= 15 is 0 Å². The van der Waals surface area contributed by atoms with E-state index < -0.39 is 23.3 Å². The SMILES string of the molecule is CN(CCNc1ccnc2cc(F)cc(F)c12)CCNc1ccnc2cc(F)cc(F)c12. The summed E-state index contributed by atoms with van der Waals surface area (Å²) in [5, 5.41) is 6.83. The van der Waals surface area contributed by atoms with Crippen LogP contribution in [0.5, 0.6) is 0 Å². The number of nitrogens with zero attached hydrogens (tertiary/aromatic N) is 3. The zero-order valence-corrected chi connectivity index (χ0v) is 17.3. The molecule has 0 aliphatic heterocycles. The summed E-state index contributed by atoms with van der Waals surface area (Å²) in [6.45, 7) is 2.34. The van der Waals surface area contributed by atoms with Crippen molar-refractivity contribution in [2.75, 3.05) is 43.9 Å². The maximum absolute atomic E-state index is 14.2. The van der Waals surface area contributed by atoms with Gasteiger partial charge in [-0.15, -0.1) is 0 Å². The lowest BCUT2D eigenvalue weighted by Gasteiger charge is -2.19. The van der Waals surface area contributed by atoms with Crippen LogP contribution in [0.4, 0.5) is 28.9 Å². The van der Waals surface area contributed by atoms with Crippen LogP contribution in [0.15, 0.2) is 48.8 Å². The molecule has 0 unspecified atom stereocenters. The highest BCUT2D eigenvalue weighted by atomic mass is 19.1. The number of pyridine rings is 2. The Hall–Kier alpha value is -3.46. The first-order valence-corrected chi connectivity index (χ1v) is 10.1. The lowest BCUT2D eigenvalue weighted by molar-refractivity contribution is 0.361. The van der Waals surface area contributed by atoms with E-state index in [1.807, 2.05) is 11.9 Å². The molecule has 0 bridgehead atoms. The predicted molar refractivity (Wildman–Crippen MR) is 118 cm³/mol. The molecule has 0 spiro atoms. The number of hydrogen-bond acceptors (Lipinski definition) is 5. The standard InChI is InChI=1S/C23H21F4N5/c1-32(8-6-30-18-2-4-28-20-12-14(24)10-16(26)22(18)20)9-7-31-19-3-5-29-21-13-15(25)11-17(27)23(19)21/h2-5,10-13H,6-9H2,1H3,(H,28,30)(H,29,31). The zero-order chi connectivity index (χ0) is 22.7. The van der Waals surface area contributed by atoms with Crippen molar-refractivity contribution in [1.82, 2.24) is 14.9 Å². The second kappa shape index (κ2) is 9.35. The third-order valence-electron chi connectivity index (χ3n) is 5.13. The van der Waals surface area contributed by atoms with Crippen LogP contribution < -0.4 is 10.6 Å². The number of anilines is 2. The van der Waals surface area contributed by atoms with Crippen LogP contribution in [0.2, 0.25) is 0 Å². The fourth-order valence-corrected chi connectivity index (χ4v) is 3.58. The Morgan fingerprint density at radius 3 is 1.59 bits per heavy atom. The van der Waals surface area contributed by atoms with Crippen molar-refractivity contribution in [2.24, 2.45) is 0 Å². The monoisotopic (exact) mass is 443 g/mol. The molecule has 9 heteroatoms. The van der Waals surface area contributed by atoms with Gasteiger partial charge in [0.25, 0.3) is 0 Å². The van der Waals surface area contributed by atoms with Gasteiger partial charge in [-0.2, -0.15) is 0 Å². The van der Waals surface area contributed by atoms with E-state index in [1.165, 1.54) is 24.5 Å². The number of halogens is 4. The maximum atomic E-state index is 14.2. The Balaban J connectivity index is 1.32. The molecular weight excluding hydrogens is 422 g/mol. The van der Waals surface area contributed by atoms with Crippen molar-refractivity contribution in [2.45, 2.75) is 0 Å². The fraction of sp³-hybridized carbons (Fsp3) is 0.217. The van der Waals surface area contributed by atoms with Crippen molar-refractivity contribution in [3.05, 3.63) is 72.1 Å². The van der Waals surface area contributed by atoms with Gasteiger partial charge in [0.1, 0.15) is 23.3 Å². The number of rotatable bonds is 8. The van der Waals surface area contributed by atoms with E-state index in [4.69, 9.17) is 0 Å². The molecule has 0 amide bonds. The predicted octanol–water partition coefficient (Wildman–Crippen LogP) is 4.80. The van der Waals surface area contributed by atoms with Crippen molar-refractivity contribution in [3.63, 3.8) is 0 Å². The maximum Gasteiger partial charge on any atom is 0.137 e. The summed E-state index contributed by atoms with van der Waals surface area (Å²) in [5.74, 6) is -2.66. The molecule has 0 radical (unpaired) electrons. The van der Waals surface area contributed by atoms with Crippen LogP contribution in [0.3, 0.4) is 0 Å². The molecule has 2 aromatic heterocycles. The molecule has 0 saturated heterocycles. The summed E-state index contributed by atoms with van der Waals surface area (Å²) in [4.78, 5) is 10.1. The summed E-state index contributed by atoms with van der Waals surface area (Å²) >= 11 is 0. The Bertz CT molecular complexity index is 1170. The summed E-state index contributed by atoms with van der Waals surface area (Å²) in [6, 6.07) is 7.37. The second-order valence-corrected chi connectivity index (χ2v) is 7.44. The third kappa shape index (κ3) is 4.72. The molecule has 4 aromatic rings. The number of hydrogen-bond donors (Lipinski definition) is 2. The van der Waals surface area contributed by atoms with Gasteiger partial charge < -0.3 is 15.5 Å².